The van der Waals surface area contributed by atoms with Gasteiger partial charge in [-0.15, -0.1) is 6.58 Å². The Balaban J connectivity index is 2.82. The highest BCUT2D eigenvalue weighted by Crippen LogP contribution is 2.33. The van der Waals surface area contributed by atoms with Gasteiger partial charge in [-0.2, -0.15) is 0 Å². The van der Waals surface area contributed by atoms with Crippen LogP contribution in [0.4, 0.5) is 0 Å². The first-order valence-electron chi connectivity index (χ1n) is 5.71. The van der Waals surface area contributed by atoms with Crippen LogP contribution in [-0.2, 0) is 6.54 Å². The molecule has 2 aromatic rings. The maximum atomic E-state index is 11.3. The molecule has 1 N–H and O–H groups in total. The lowest BCUT2D eigenvalue weighted by Gasteiger charge is -2.08. The second-order valence-corrected chi connectivity index (χ2v) is 4.00. The van der Waals surface area contributed by atoms with Crippen LogP contribution in [0.5, 0.6) is 11.5 Å². The first kappa shape index (κ1) is 13.0. The number of aromatic nitrogens is 1. The van der Waals surface area contributed by atoms with E-state index in [4.69, 9.17) is 9.47 Å². The van der Waals surface area contributed by atoms with E-state index >= 15 is 0 Å². The molecule has 0 radical (unpaired) electrons. The number of fused-ring (bicyclic) bond motifs is 1. The van der Waals surface area contributed by atoms with E-state index in [1.165, 1.54) is 0 Å². The third-order valence-corrected chi connectivity index (χ3v) is 2.94. The van der Waals surface area contributed by atoms with Gasteiger partial charge in [0.2, 0.25) is 0 Å². The number of carboxylic acid groups (broad SMARTS) is 1. The van der Waals surface area contributed by atoms with Crippen LogP contribution in [0.25, 0.3) is 10.9 Å². The molecule has 100 valence electrons. The smallest absolute Gasteiger partial charge is 0.352 e. The van der Waals surface area contributed by atoms with Crippen molar-refractivity contribution in [3.05, 3.63) is 36.5 Å². The van der Waals surface area contributed by atoms with Crippen LogP contribution >= 0.6 is 0 Å². The van der Waals surface area contributed by atoms with Crippen molar-refractivity contribution in [3.63, 3.8) is 0 Å². The molecule has 1 aromatic carbocycles. The van der Waals surface area contributed by atoms with E-state index in [2.05, 4.69) is 6.58 Å². The molecule has 2 rings (SSSR count). The van der Waals surface area contributed by atoms with Gasteiger partial charge in [-0.25, -0.2) is 4.79 Å². The summed E-state index contributed by atoms with van der Waals surface area (Å²) in [4.78, 5) is 11.3. The minimum absolute atomic E-state index is 0.196. The summed E-state index contributed by atoms with van der Waals surface area (Å²) in [6.07, 6.45) is 1.65. The number of methoxy groups -OCH3 is 2. The first-order valence-corrected chi connectivity index (χ1v) is 5.71. The lowest BCUT2D eigenvalue weighted by Crippen LogP contribution is -2.07. The monoisotopic (exact) mass is 261 g/mol. The van der Waals surface area contributed by atoms with Gasteiger partial charge in [-0.05, 0) is 6.07 Å². The van der Waals surface area contributed by atoms with Crippen LogP contribution in [0.2, 0.25) is 0 Å². The maximum absolute atomic E-state index is 11.3. The van der Waals surface area contributed by atoms with Gasteiger partial charge in [0.25, 0.3) is 0 Å². The number of benzene rings is 1. The zero-order chi connectivity index (χ0) is 14.0. The largest absolute Gasteiger partial charge is 0.497 e. The van der Waals surface area contributed by atoms with Gasteiger partial charge in [0.05, 0.1) is 19.7 Å². The molecule has 0 unspecified atom stereocenters. The van der Waals surface area contributed by atoms with Crippen LogP contribution in [0.1, 0.15) is 10.5 Å². The molecule has 0 amide bonds. The Labute approximate surface area is 110 Å². The van der Waals surface area contributed by atoms with Gasteiger partial charge in [-0.1, -0.05) is 6.08 Å². The Hall–Kier alpha value is -2.43. The predicted molar refractivity (Wildman–Crippen MR) is 72.2 cm³/mol. The number of rotatable bonds is 5. The zero-order valence-corrected chi connectivity index (χ0v) is 10.8. The minimum Gasteiger partial charge on any atom is -0.497 e. The van der Waals surface area contributed by atoms with Crippen molar-refractivity contribution in [2.24, 2.45) is 0 Å². The number of hydrogen-bond donors (Lipinski definition) is 1. The Morgan fingerprint density at radius 3 is 2.63 bits per heavy atom. The maximum Gasteiger partial charge on any atom is 0.352 e. The number of aromatic carboxylic acids is 1. The summed E-state index contributed by atoms with van der Waals surface area (Å²) in [7, 11) is 3.10. The van der Waals surface area contributed by atoms with Crippen molar-refractivity contribution in [3.8, 4) is 11.5 Å². The minimum atomic E-state index is -0.987. The van der Waals surface area contributed by atoms with Gasteiger partial charge in [-0.3, -0.25) is 0 Å². The van der Waals surface area contributed by atoms with Gasteiger partial charge in [0.15, 0.2) is 0 Å². The van der Waals surface area contributed by atoms with Crippen LogP contribution in [-0.4, -0.2) is 29.9 Å². The number of allylic oxidation sites excluding steroid dienone is 1. The van der Waals surface area contributed by atoms with Crippen molar-refractivity contribution in [1.29, 1.82) is 0 Å². The van der Waals surface area contributed by atoms with E-state index in [1.54, 1.807) is 43.1 Å². The average Bonchev–Trinajstić information content (AvgIpc) is 2.77. The van der Waals surface area contributed by atoms with Gasteiger partial charge >= 0.3 is 5.97 Å². The Bertz CT molecular complexity index is 642. The fourth-order valence-electron chi connectivity index (χ4n) is 2.09. The van der Waals surface area contributed by atoms with E-state index in [0.717, 1.165) is 10.9 Å². The Kier molecular flexibility index (Phi) is 3.46. The fourth-order valence-corrected chi connectivity index (χ4v) is 2.09. The van der Waals surface area contributed by atoms with Gasteiger partial charge < -0.3 is 19.1 Å². The molecular weight excluding hydrogens is 246 g/mol. The molecule has 19 heavy (non-hydrogen) atoms. The van der Waals surface area contributed by atoms with Crippen molar-refractivity contribution in [2.75, 3.05) is 14.2 Å². The lowest BCUT2D eigenvalue weighted by atomic mass is 10.2. The summed E-state index contributed by atoms with van der Waals surface area (Å²) in [5.41, 5.74) is 0.940. The van der Waals surface area contributed by atoms with Crippen LogP contribution < -0.4 is 9.47 Å². The number of hydrogen-bond acceptors (Lipinski definition) is 3. The van der Waals surface area contributed by atoms with E-state index in [-0.39, 0.29) is 5.69 Å². The normalized spacial score (nSPS) is 10.4. The molecule has 0 saturated carbocycles. The summed E-state index contributed by atoms with van der Waals surface area (Å²) in [5, 5.41) is 9.99. The Morgan fingerprint density at radius 2 is 2.11 bits per heavy atom. The molecule has 0 saturated heterocycles. The van der Waals surface area contributed by atoms with Gasteiger partial charge in [0.1, 0.15) is 17.2 Å². The van der Waals surface area contributed by atoms with Crippen LogP contribution in [0.3, 0.4) is 0 Å². The third-order valence-electron chi connectivity index (χ3n) is 2.94. The summed E-state index contributed by atoms with van der Waals surface area (Å²) in [6, 6.07) is 5.11. The first-order chi connectivity index (χ1) is 9.12. The van der Waals surface area contributed by atoms with Crippen LogP contribution in [0, 0.1) is 0 Å². The molecule has 1 aromatic heterocycles. The number of carboxylic acids is 1. The summed E-state index contributed by atoms with van der Waals surface area (Å²) in [5.74, 6) is 0.212. The Morgan fingerprint density at radius 1 is 1.37 bits per heavy atom. The third kappa shape index (κ3) is 2.14. The fraction of sp³-hybridized carbons (Fsp3) is 0.214. The SMILES string of the molecule is C=CCn1c(C(=O)O)cc2c(OC)cc(OC)cc21. The molecule has 0 aliphatic rings. The summed E-state index contributed by atoms with van der Waals surface area (Å²) >= 11 is 0. The van der Waals surface area contributed by atoms with Gasteiger partial charge in [0, 0.05) is 24.1 Å². The topological polar surface area (TPSA) is 60.7 Å². The highest BCUT2D eigenvalue weighted by molar-refractivity contribution is 5.97. The second-order valence-electron chi connectivity index (χ2n) is 4.00. The number of ether oxygens (including phenoxy) is 2. The molecule has 1 heterocycles. The van der Waals surface area contributed by atoms with Crippen LogP contribution in [0.15, 0.2) is 30.9 Å². The average molecular weight is 261 g/mol. The standard InChI is InChI=1S/C14H15NO4/c1-4-5-15-11-6-9(18-2)7-13(19-3)10(11)8-12(15)14(16)17/h4,6-8H,1,5H2,2-3H3,(H,16,17). The van der Waals surface area contributed by atoms with E-state index < -0.39 is 5.97 Å². The molecule has 0 fully saturated rings. The zero-order valence-electron chi connectivity index (χ0n) is 10.8. The molecule has 0 spiro atoms. The number of nitrogens with zero attached hydrogens (tertiary/aromatic N) is 1. The molecule has 0 bridgehead atoms. The molecule has 0 atom stereocenters. The molecule has 5 nitrogen and oxygen atoms in total. The predicted octanol–water partition coefficient (Wildman–Crippen LogP) is 2.54. The van der Waals surface area contributed by atoms with Crippen molar-refractivity contribution in [2.45, 2.75) is 6.54 Å². The quantitative estimate of drug-likeness (QED) is 0.840. The second kappa shape index (κ2) is 5.06. The molecular formula is C14H15NO4. The van der Waals surface area contributed by atoms with E-state index in [0.29, 0.717) is 18.0 Å². The summed E-state index contributed by atoms with van der Waals surface area (Å²) in [6.45, 7) is 4.06. The molecule has 5 heteroatoms. The lowest BCUT2D eigenvalue weighted by molar-refractivity contribution is 0.0686. The van der Waals surface area contributed by atoms with Crippen molar-refractivity contribution >= 4 is 16.9 Å². The highest BCUT2D eigenvalue weighted by atomic mass is 16.5. The molecule has 0 aliphatic carbocycles. The van der Waals surface area contributed by atoms with E-state index in [1.807, 2.05) is 0 Å². The van der Waals surface area contributed by atoms with Crippen molar-refractivity contribution < 1.29 is 19.4 Å². The van der Waals surface area contributed by atoms with E-state index in [9.17, 15) is 9.90 Å². The molecule has 0 aliphatic heterocycles. The highest BCUT2D eigenvalue weighted by Gasteiger charge is 2.17. The van der Waals surface area contributed by atoms with Crippen molar-refractivity contribution in [1.82, 2.24) is 4.57 Å². The number of carbonyl (C=O) groups is 1. The summed E-state index contributed by atoms with van der Waals surface area (Å²) < 4.78 is 12.1.